The van der Waals surface area contributed by atoms with Crippen LogP contribution in [-0.4, -0.2) is 40.2 Å². The fourth-order valence-electron chi connectivity index (χ4n) is 1.39. The van der Waals surface area contributed by atoms with Crippen molar-refractivity contribution in [3.05, 3.63) is 23.6 Å². The zero-order valence-electron chi connectivity index (χ0n) is 11.0. The van der Waals surface area contributed by atoms with Crippen LogP contribution in [0.1, 0.15) is 23.7 Å². The fourth-order valence-corrected chi connectivity index (χ4v) is 1.78. The molecule has 0 saturated heterocycles. The van der Waals surface area contributed by atoms with E-state index in [0.29, 0.717) is 12.3 Å². The Balaban J connectivity index is 2.71. The molecule has 1 aromatic heterocycles. The Morgan fingerprint density at radius 2 is 2.21 bits per heavy atom. The molecule has 0 bridgehead atoms. The highest BCUT2D eigenvalue weighted by molar-refractivity contribution is 7.84. The van der Waals surface area contributed by atoms with Crippen LogP contribution in [0.3, 0.4) is 0 Å². The largest absolute Gasteiger partial charge is 0.368 e. The minimum absolute atomic E-state index is 0.0597. The van der Waals surface area contributed by atoms with Crippen molar-refractivity contribution in [2.24, 2.45) is 0 Å². The molecule has 1 aromatic rings. The van der Waals surface area contributed by atoms with Crippen molar-refractivity contribution in [3.63, 3.8) is 0 Å². The van der Waals surface area contributed by atoms with E-state index in [4.69, 9.17) is 0 Å². The summed E-state index contributed by atoms with van der Waals surface area (Å²) in [5, 5.41) is 5.34. The highest BCUT2D eigenvalue weighted by Gasteiger charge is 2.15. The number of hydrogen-bond acceptors (Lipinski definition) is 4. The molecule has 0 fully saturated rings. The number of halogens is 1. The molecule has 1 amide bonds. The van der Waals surface area contributed by atoms with Gasteiger partial charge in [0.1, 0.15) is 0 Å². The molecule has 1 rings (SSSR count). The molecule has 2 N–H and O–H groups in total. The Hall–Kier alpha value is -1.50. The van der Waals surface area contributed by atoms with Gasteiger partial charge in [0.2, 0.25) is 0 Å². The lowest BCUT2D eigenvalue weighted by molar-refractivity contribution is 0.0952. The molecule has 1 atom stereocenters. The Kier molecular flexibility index (Phi) is 6.41. The normalized spacial score (nSPS) is 11.9. The van der Waals surface area contributed by atoms with Gasteiger partial charge >= 0.3 is 0 Å². The molecule has 0 aliphatic carbocycles. The van der Waals surface area contributed by atoms with Gasteiger partial charge in [-0.2, -0.15) is 0 Å². The third-order valence-corrected chi connectivity index (χ3v) is 3.13. The molecular weight excluding hydrogens is 269 g/mol. The summed E-state index contributed by atoms with van der Waals surface area (Å²) in [6, 6.07) is 1.32. The van der Waals surface area contributed by atoms with Crippen molar-refractivity contribution in [1.29, 1.82) is 0 Å². The van der Waals surface area contributed by atoms with Crippen LogP contribution >= 0.6 is 0 Å². The van der Waals surface area contributed by atoms with Crippen LogP contribution in [0.25, 0.3) is 0 Å². The van der Waals surface area contributed by atoms with E-state index in [1.807, 2.05) is 6.92 Å². The molecule has 1 unspecified atom stereocenters. The molecule has 0 aromatic carbocycles. The van der Waals surface area contributed by atoms with Crippen LogP contribution in [0, 0.1) is 5.82 Å². The number of nitrogens with one attached hydrogen (secondary N) is 2. The maximum absolute atomic E-state index is 14.0. The van der Waals surface area contributed by atoms with Crippen LogP contribution in [-0.2, 0) is 10.8 Å². The lowest BCUT2D eigenvalue weighted by Crippen LogP contribution is -2.28. The molecule has 0 aliphatic rings. The average molecular weight is 287 g/mol. The number of aromatic nitrogens is 1. The first-order valence-corrected chi connectivity index (χ1v) is 7.75. The topological polar surface area (TPSA) is 71.1 Å². The van der Waals surface area contributed by atoms with Gasteiger partial charge in [0.05, 0.1) is 5.56 Å². The number of rotatable bonds is 7. The number of pyridine rings is 1. The van der Waals surface area contributed by atoms with E-state index in [2.05, 4.69) is 15.6 Å². The van der Waals surface area contributed by atoms with E-state index in [0.717, 1.165) is 6.42 Å². The zero-order valence-corrected chi connectivity index (χ0v) is 11.8. The van der Waals surface area contributed by atoms with Crippen molar-refractivity contribution in [1.82, 2.24) is 10.3 Å². The van der Waals surface area contributed by atoms with E-state index in [1.165, 1.54) is 12.3 Å². The Labute approximate surface area is 114 Å². The lowest BCUT2D eigenvalue weighted by atomic mass is 10.2. The fraction of sp³-hybridized carbons (Fsp3) is 0.500. The second kappa shape index (κ2) is 7.83. The number of carbonyl (C=O) groups is 1. The molecule has 0 spiro atoms. The number of nitrogens with zero attached hydrogens (tertiary/aromatic N) is 1. The maximum Gasteiger partial charge on any atom is 0.254 e. The number of amides is 1. The second-order valence-electron chi connectivity index (χ2n) is 3.98. The van der Waals surface area contributed by atoms with Gasteiger partial charge in [-0.25, -0.2) is 9.37 Å². The van der Waals surface area contributed by atoms with Gasteiger partial charge in [0.25, 0.3) is 5.91 Å². The summed E-state index contributed by atoms with van der Waals surface area (Å²) in [7, 11) is -0.986. The molecule has 0 saturated carbocycles. The summed E-state index contributed by atoms with van der Waals surface area (Å²) in [4.78, 5) is 15.6. The summed E-state index contributed by atoms with van der Waals surface area (Å²) in [5.74, 6) is -0.760. The summed E-state index contributed by atoms with van der Waals surface area (Å²) < 4.78 is 24.9. The summed E-state index contributed by atoms with van der Waals surface area (Å²) in [6.07, 6.45) is 3.76. The van der Waals surface area contributed by atoms with Crippen molar-refractivity contribution in [2.75, 3.05) is 30.4 Å². The van der Waals surface area contributed by atoms with E-state index in [-0.39, 0.29) is 17.9 Å². The van der Waals surface area contributed by atoms with Gasteiger partial charge in [-0.15, -0.1) is 0 Å². The van der Waals surface area contributed by atoms with Gasteiger partial charge in [0, 0.05) is 42.1 Å². The molecule has 106 valence electrons. The van der Waals surface area contributed by atoms with Crippen LogP contribution in [0.4, 0.5) is 10.2 Å². The predicted molar refractivity (Wildman–Crippen MR) is 74.2 cm³/mol. The van der Waals surface area contributed by atoms with Crippen LogP contribution in [0.2, 0.25) is 0 Å². The molecule has 19 heavy (non-hydrogen) atoms. The molecule has 0 radical (unpaired) electrons. The standard InChI is InChI=1S/C12H18FN3O2S/c1-3-5-14-11-10(13)9(4-6-15-11)12(17)16-7-8-19(2)18/h4,6H,3,5,7-8H2,1-2H3,(H,14,15)(H,16,17). The highest BCUT2D eigenvalue weighted by Crippen LogP contribution is 2.14. The van der Waals surface area contributed by atoms with Gasteiger partial charge < -0.3 is 10.6 Å². The average Bonchev–Trinajstić information content (AvgIpc) is 2.37. The quantitative estimate of drug-likeness (QED) is 0.789. The molecule has 5 nitrogen and oxygen atoms in total. The second-order valence-corrected chi connectivity index (χ2v) is 5.54. The smallest absolute Gasteiger partial charge is 0.254 e. The minimum atomic E-state index is -0.986. The monoisotopic (exact) mass is 287 g/mol. The first kappa shape index (κ1) is 15.6. The van der Waals surface area contributed by atoms with Crippen molar-refractivity contribution < 1.29 is 13.4 Å². The third kappa shape index (κ3) is 4.94. The summed E-state index contributed by atoms with van der Waals surface area (Å²) in [5.41, 5.74) is -0.0597. The van der Waals surface area contributed by atoms with Gasteiger partial charge in [-0.3, -0.25) is 9.00 Å². The van der Waals surface area contributed by atoms with Crippen molar-refractivity contribution in [3.8, 4) is 0 Å². The zero-order chi connectivity index (χ0) is 14.3. The number of carbonyl (C=O) groups excluding carboxylic acids is 1. The first-order valence-electron chi connectivity index (χ1n) is 6.02. The van der Waals surface area contributed by atoms with Crippen molar-refractivity contribution >= 4 is 22.5 Å². The summed E-state index contributed by atoms with van der Waals surface area (Å²) >= 11 is 0. The lowest BCUT2D eigenvalue weighted by Gasteiger charge is -2.09. The Morgan fingerprint density at radius 3 is 2.84 bits per heavy atom. The SMILES string of the molecule is CCCNc1nccc(C(=O)NCCS(C)=O)c1F. The summed E-state index contributed by atoms with van der Waals surface area (Å²) in [6.45, 7) is 2.79. The van der Waals surface area contributed by atoms with Crippen LogP contribution in [0.15, 0.2) is 12.3 Å². The Morgan fingerprint density at radius 1 is 1.47 bits per heavy atom. The van der Waals surface area contributed by atoms with E-state index >= 15 is 0 Å². The number of anilines is 1. The third-order valence-electron chi connectivity index (χ3n) is 2.35. The highest BCUT2D eigenvalue weighted by atomic mass is 32.2. The number of hydrogen-bond donors (Lipinski definition) is 2. The minimum Gasteiger partial charge on any atom is -0.368 e. The van der Waals surface area contributed by atoms with Crippen molar-refractivity contribution in [2.45, 2.75) is 13.3 Å². The van der Waals surface area contributed by atoms with Gasteiger partial charge in [-0.1, -0.05) is 6.92 Å². The van der Waals surface area contributed by atoms with E-state index in [1.54, 1.807) is 6.26 Å². The van der Waals surface area contributed by atoms with Crippen LogP contribution < -0.4 is 10.6 Å². The Bertz CT molecular complexity index is 468. The van der Waals surface area contributed by atoms with E-state index < -0.39 is 22.5 Å². The molecule has 0 aliphatic heterocycles. The van der Waals surface area contributed by atoms with Gasteiger partial charge in [-0.05, 0) is 12.5 Å². The van der Waals surface area contributed by atoms with Gasteiger partial charge in [0.15, 0.2) is 11.6 Å². The van der Waals surface area contributed by atoms with Crippen LogP contribution in [0.5, 0.6) is 0 Å². The van der Waals surface area contributed by atoms with E-state index in [9.17, 15) is 13.4 Å². The molecular formula is C12H18FN3O2S. The maximum atomic E-state index is 14.0. The first-order chi connectivity index (χ1) is 9.06. The molecule has 7 heteroatoms. The predicted octanol–water partition coefficient (Wildman–Crippen LogP) is 1.15. The molecule has 1 heterocycles.